The van der Waals surface area contributed by atoms with Crippen molar-refractivity contribution in [2.24, 2.45) is 0 Å². The molecule has 8 nitrogen and oxygen atoms in total. The summed E-state index contributed by atoms with van der Waals surface area (Å²) in [6, 6.07) is 27.2. The summed E-state index contributed by atoms with van der Waals surface area (Å²) in [4.78, 5) is 25.2. The molecule has 0 saturated heterocycles. The predicted molar refractivity (Wildman–Crippen MR) is 149 cm³/mol. The first kappa shape index (κ1) is 28.0. The molecule has 0 aliphatic rings. The van der Waals surface area contributed by atoms with Crippen molar-refractivity contribution in [2.45, 2.75) is 18.1 Å². The third kappa shape index (κ3) is 7.29. The quantitative estimate of drug-likeness (QED) is 0.233. The highest BCUT2D eigenvalue weighted by Crippen LogP contribution is 2.31. The van der Waals surface area contributed by atoms with Crippen molar-refractivity contribution in [3.05, 3.63) is 124 Å². The van der Waals surface area contributed by atoms with E-state index in [1.54, 1.807) is 54.6 Å². The highest BCUT2D eigenvalue weighted by molar-refractivity contribution is 7.93. The number of sulfonamides is 1. The Balaban J connectivity index is 1.59. The molecule has 0 aromatic heterocycles. The molecule has 39 heavy (non-hydrogen) atoms. The number of amides is 2. The molecule has 0 atom stereocenters. The average Bonchev–Trinajstić information content (AvgIpc) is 2.93. The van der Waals surface area contributed by atoms with E-state index in [-0.39, 0.29) is 39.5 Å². The third-order valence-corrected chi connectivity index (χ3v) is 7.59. The molecule has 0 saturated carbocycles. The van der Waals surface area contributed by atoms with Crippen molar-refractivity contribution < 1.29 is 27.5 Å². The zero-order chi connectivity index (χ0) is 27.8. The monoisotopic (exact) mass is 584 g/mol. The smallest absolute Gasteiger partial charge is 0.428 e. The molecule has 2 amide bonds. The fourth-order valence-electron chi connectivity index (χ4n) is 3.46. The maximum atomic E-state index is 13.8. The number of halogens is 2. The molecule has 200 valence electrons. The van der Waals surface area contributed by atoms with Gasteiger partial charge in [0.15, 0.2) is 0 Å². The van der Waals surface area contributed by atoms with E-state index in [9.17, 15) is 18.0 Å². The number of anilines is 2. The summed E-state index contributed by atoms with van der Waals surface area (Å²) in [5.74, 6) is 0. The highest BCUT2D eigenvalue weighted by atomic mass is 35.5. The van der Waals surface area contributed by atoms with Crippen molar-refractivity contribution in [3.63, 3.8) is 0 Å². The molecule has 0 heterocycles. The summed E-state index contributed by atoms with van der Waals surface area (Å²) in [5.41, 5.74) is 1.37. The summed E-state index contributed by atoms with van der Waals surface area (Å²) in [5, 5.41) is 2.72. The molecule has 4 aromatic rings. The topological polar surface area (TPSA) is 102 Å². The number of nitrogens with one attached hydrogen (secondary N) is 1. The SMILES string of the molecule is O=C(Nc1cc(S(=O)(=O)N(C(=O)OCc2ccccc2)c2cccc(Cl)c2)ccc1Cl)OCc1ccccc1. The van der Waals surface area contributed by atoms with Gasteiger partial charge in [0.25, 0.3) is 10.0 Å². The lowest BCUT2D eigenvalue weighted by Crippen LogP contribution is -2.37. The van der Waals surface area contributed by atoms with Gasteiger partial charge in [0, 0.05) is 5.02 Å². The summed E-state index contributed by atoms with van der Waals surface area (Å²) in [7, 11) is -4.56. The number of hydrogen-bond donors (Lipinski definition) is 1. The summed E-state index contributed by atoms with van der Waals surface area (Å²) in [6.45, 7) is -0.162. The zero-order valence-corrected chi connectivity index (χ0v) is 22.6. The van der Waals surface area contributed by atoms with E-state index in [1.807, 2.05) is 6.07 Å². The van der Waals surface area contributed by atoms with Crippen molar-refractivity contribution in [1.82, 2.24) is 0 Å². The Bertz CT molecular complexity index is 1570. The van der Waals surface area contributed by atoms with Crippen LogP contribution in [0.1, 0.15) is 11.1 Å². The molecule has 1 N–H and O–H groups in total. The molecular formula is C28H22Cl2N2O6S. The van der Waals surface area contributed by atoms with Gasteiger partial charge in [0.2, 0.25) is 0 Å². The van der Waals surface area contributed by atoms with Crippen molar-refractivity contribution in [2.75, 3.05) is 9.62 Å². The first-order chi connectivity index (χ1) is 18.7. The summed E-state index contributed by atoms with van der Waals surface area (Å²) < 4.78 is 38.5. The first-order valence-corrected chi connectivity index (χ1v) is 13.7. The maximum absolute atomic E-state index is 13.8. The van der Waals surface area contributed by atoms with E-state index in [0.717, 1.165) is 11.6 Å². The Hall–Kier alpha value is -4.05. The Labute approximate surface area is 235 Å². The number of nitrogens with zero attached hydrogens (tertiary/aromatic N) is 1. The van der Waals surface area contributed by atoms with Crippen LogP contribution in [0.15, 0.2) is 108 Å². The molecule has 0 unspecified atom stereocenters. The minimum absolute atomic E-state index is 0.00190. The van der Waals surface area contributed by atoms with Gasteiger partial charge in [-0.25, -0.2) is 18.0 Å². The maximum Gasteiger partial charge on any atom is 0.428 e. The van der Waals surface area contributed by atoms with Crippen LogP contribution in [-0.4, -0.2) is 20.6 Å². The van der Waals surface area contributed by atoms with E-state index in [0.29, 0.717) is 9.87 Å². The van der Waals surface area contributed by atoms with Crippen LogP contribution in [0.3, 0.4) is 0 Å². The second-order valence-corrected chi connectivity index (χ2v) is 10.7. The van der Waals surface area contributed by atoms with Gasteiger partial charge in [-0.15, -0.1) is 0 Å². The van der Waals surface area contributed by atoms with Crippen molar-refractivity contribution in [3.8, 4) is 0 Å². The number of benzene rings is 4. The lowest BCUT2D eigenvalue weighted by molar-refractivity contribution is 0.151. The lowest BCUT2D eigenvalue weighted by Gasteiger charge is -2.23. The van der Waals surface area contributed by atoms with Crippen molar-refractivity contribution in [1.29, 1.82) is 0 Å². The van der Waals surface area contributed by atoms with Crippen LogP contribution in [0.25, 0.3) is 0 Å². The molecule has 0 radical (unpaired) electrons. The molecule has 0 aliphatic carbocycles. The number of carbonyl (C=O) groups excluding carboxylic acids is 2. The summed E-state index contributed by atoms with van der Waals surface area (Å²) in [6.07, 6.45) is -1.99. The third-order valence-electron chi connectivity index (χ3n) is 5.34. The molecule has 11 heteroatoms. The Morgan fingerprint density at radius 3 is 1.97 bits per heavy atom. The normalized spacial score (nSPS) is 10.9. The fourth-order valence-corrected chi connectivity index (χ4v) is 5.16. The zero-order valence-electron chi connectivity index (χ0n) is 20.3. The Morgan fingerprint density at radius 1 is 0.744 bits per heavy atom. The number of ether oxygens (including phenoxy) is 2. The minimum Gasteiger partial charge on any atom is -0.444 e. The average molecular weight is 585 g/mol. The Morgan fingerprint density at radius 2 is 1.36 bits per heavy atom. The number of carbonyl (C=O) groups is 2. The predicted octanol–water partition coefficient (Wildman–Crippen LogP) is 7.27. The van der Waals surface area contributed by atoms with E-state index in [2.05, 4.69) is 5.32 Å². The molecule has 0 spiro atoms. The molecule has 4 aromatic carbocycles. The second kappa shape index (κ2) is 12.7. The van der Waals surface area contributed by atoms with Gasteiger partial charge >= 0.3 is 12.2 Å². The van der Waals surface area contributed by atoms with Gasteiger partial charge < -0.3 is 9.47 Å². The minimum atomic E-state index is -4.56. The van der Waals surface area contributed by atoms with Crippen LogP contribution in [0.5, 0.6) is 0 Å². The van der Waals surface area contributed by atoms with Gasteiger partial charge in [-0.3, -0.25) is 5.32 Å². The van der Waals surface area contributed by atoms with Crippen LogP contribution in [0.2, 0.25) is 10.0 Å². The van der Waals surface area contributed by atoms with E-state index >= 15 is 0 Å². The molecule has 0 bridgehead atoms. The van der Waals surface area contributed by atoms with Crippen LogP contribution >= 0.6 is 23.2 Å². The highest BCUT2D eigenvalue weighted by Gasteiger charge is 2.33. The van der Waals surface area contributed by atoms with Crippen LogP contribution in [0.4, 0.5) is 21.0 Å². The molecule has 4 rings (SSSR count). The van der Waals surface area contributed by atoms with Gasteiger partial charge in [-0.05, 0) is 47.5 Å². The largest absolute Gasteiger partial charge is 0.444 e. The molecule has 0 fully saturated rings. The second-order valence-electron chi connectivity index (χ2n) is 8.12. The van der Waals surface area contributed by atoms with Gasteiger partial charge in [-0.1, -0.05) is 89.9 Å². The van der Waals surface area contributed by atoms with Gasteiger partial charge in [0.1, 0.15) is 13.2 Å². The molecule has 0 aliphatic heterocycles. The fraction of sp³-hybridized carbons (Fsp3) is 0.0714. The van der Waals surface area contributed by atoms with E-state index < -0.39 is 22.2 Å². The van der Waals surface area contributed by atoms with Crippen LogP contribution in [0, 0.1) is 0 Å². The van der Waals surface area contributed by atoms with Gasteiger partial charge in [0.05, 0.1) is 21.3 Å². The van der Waals surface area contributed by atoms with E-state index in [4.69, 9.17) is 32.7 Å². The van der Waals surface area contributed by atoms with Crippen LogP contribution < -0.4 is 9.62 Å². The molecular weight excluding hydrogens is 563 g/mol. The van der Waals surface area contributed by atoms with Crippen molar-refractivity contribution >= 4 is 56.8 Å². The first-order valence-electron chi connectivity index (χ1n) is 11.5. The summed E-state index contributed by atoms with van der Waals surface area (Å²) >= 11 is 12.3. The van der Waals surface area contributed by atoms with Gasteiger partial charge in [-0.2, -0.15) is 4.31 Å². The number of rotatable bonds is 8. The lowest BCUT2D eigenvalue weighted by atomic mass is 10.2. The van der Waals surface area contributed by atoms with Crippen LogP contribution in [-0.2, 0) is 32.7 Å². The van der Waals surface area contributed by atoms with E-state index in [1.165, 1.54) is 36.4 Å². The number of hydrogen-bond acceptors (Lipinski definition) is 6. The Kier molecular flexibility index (Phi) is 9.08. The standard InChI is InChI=1S/C28H22Cl2N2O6S/c29-22-12-7-13-23(16-22)32(28(34)38-19-21-10-5-2-6-11-21)39(35,36)24-14-15-25(30)26(17-24)31-27(33)37-18-20-8-3-1-4-9-20/h1-17H,18-19H2,(H,31,33).